The first-order valence-corrected chi connectivity index (χ1v) is 54.3. The molecular formula is C138H164N8. The van der Waals surface area contributed by atoms with Crippen LogP contribution in [0.2, 0.25) is 0 Å². The molecule has 0 amide bonds. The zero-order valence-electron chi connectivity index (χ0n) is 93.5. The van der Waals surface area contributed by atoms with Gasteiger partial charge in [-0.05, 0) is 355 Å². The van der Waals surface area contributed by atoms with E-state index in [1.165, 1.54) is 265 Å². The van der Waals surface area contributed by atoms with Gasteiger partial charge in [-0.1, -0.05) is 381 Å². The lowest BCUT2D eigenvalue weighted by Crippen LogP contribution is -2.16. The highest BCUT2D eigenvalue weighted by Crippen LogP contribution is 2.40. The van der Waals surface area contributed by atoms with Crippen LogP contribution in [0.1, 0.15) is 312 Å². The van der Waals surface area contributed by atoms with Crippen LogP contribution in [0.15, 0.2) is 273 Å². The second-order valence-electron chi connectivity index (χ2n) is 45.4. The molecule has 0 spiro atoms. The number of aromatic nitrogens is 8. The normalized spacial score (nSPS) is 11.6. The van der Waals surface area contributed by atoms with Crippen molar-refractivity contribution in [2.75, 3.05) is 0 Å². The van der Waals surface area contributed by atoms with Crippen molar-refractivity contribution >= 4 is 0 Å². The van der Waals surface area contributed by atoms with Gasteiger partial charge in [-0.15, -0.1) is 0 Å². The number of pyridine rings is 2. The highest BCUT2D eigenvalue weighted by molar-refractivity contribution is 5.77. The Morgan fingerprint density at radius 3 is 0.719 bits per heavy atom. The fraction of sp³-hybridized carbons (Fsp3) is 0.362. The highest BCUT2D eigenvalue weighted by Gasteiger charge is 2.25. The van der Waals surface area contributed by atoms with E-state index in [0.29, 0.717) is 34.9 Å². The minimum atomic E-state index is 0.0969. The first kappa shape index (κ1) is 110. The molecule has 0 aliphatic rings. The zero-order chi connectivity index (χ0) is 105. The molecule has 0 fully saturated rings. The van der Waals surface area contributed by atoms with Crippen molar-refractivity contribution in [3.8, 4) is 135 Å². The Balaban J connectivity index is 0.000000170. The van der Waals surface area contributed by atoms with Crippen LogP contribution in [0.3, 0.4) is 0 Å². The third-order valence-corrected chi connectivity index (χ3v) is 29.7. The van der Waals surface area contributed by atoms with Crippen molar-refractivity contribution in [1.29, 1.82) is 0 Å². The van der Waals surface area contributed by atoms with E-state index in [9.17, 15) is 0 Å². The molecule has 0 saturated heterocycles. The molecule has 0 aliphatic heterocycles. The second kappa shape index (κ2) is 50.4. The maximum Gasteiger partial charge on any atom is 0.164 e. The predicted molar refractivity (Wildman–Crippen MR) is 627 cm³/mol. The van der Waals surface area contributed by atoms with Crippen LogP contribution in [-0.4, -0.2) is 39.9 Å². The maximum absolute atomic E-state index is 5.07. The van der Waals surface area contributed by atoms with Gasteiger partial charge in [0.05, 0.1) is 17.1 Å². The number of hydrogen-bond donors (Lipinski definition) is 0. The van der Waals surface area contributed by atoms with Gasteiger partial charge < -0.3 is 0 Å². The Kier molecular flexibility index (Phi) is 38.0. The van der Waals surface area contributed by atoms with E-state index in [1.54, 1.807) is 0 Å². The molecule has 756 valence electrons. The topological polar surface area (TPSA) is 103 Å². The number of unbranched alkanes of at least 4 members (excludes halogenated alkanes) is 13. The van der Waals surface area contributed by atoms with Crippen molar-refractivity contribution < 1.29 is 0 Å². The zero-order valence-corrected chi connectivity index (χ0v) is 93.5. The predicted octanol–water partition coefficient (Wildman–Crippen LogP) is 38.7. The molecule has 0 atom stereocenters. The summed E-state index contributed by atoms with van der Waals surface area (Å²) >= 11 is 0. The number of rotatable bonds is 31. The summed E-state index contributed by atoms with van der Waals surface area (Å²) in [5, 5.41) is 0. The molecular weight excluding hydrogens is 1770 g/mol. The number of aryl methyl sites for hydroxylation is 11. The van der Waals surface area contributed by atoms with E-state index in [0.717, 1.165) is 63.3 Å². The van der Waals surface area contributed by atoms with Crippen LogP contribution in [0.25, 0.3) is 135 Å². The van der Waals surface area contributed by atoms with Crippen LogP contribution in [-0.2, 0) is 40.9 Å². The summed E-state index contributed by atoms with van der Waals surface area (Å²) in [6.07, 6.45) is 26.6. The summed E-state index contributed by atoms with van der Waals surface area (Å²) in [6.45, 7) is 59.9. The summed E-state index contributed by atoms with van der Waals surface area (Å²) in [4.78, 5) is 39.6. The van der Waals surface area contributed by atoms with Crippen LogP contribution < -0.4 is 0 Å². The Bertz CT molecular complexity index is 6690. The van der Waals surface area contributed by atoms with Crippen molar-refractivity contribution in [2.45, 2.75) is 331 Å². The van der Waals surface area contributed by atoms with E-state index in [2.05, 4.69) is 459 Å². The number of benzene rings is 12. The van der Waals surface area contributed by atoms with Gasteiger partial charge in [0.2, 0.25) is 0 Å². The summed E-state index contributed by atoms with van der Waals surface area (Å²) in [5.74, 6) is 4.16. The lowest BCUT2D eigenvalue weighted by molar-refractivity contribution is 0.569. The fourth-order valence-electron chi connectivity index (χ4n) is 18.8. The van der Waals surface area contributed by atoms with Crippen LogP contribution in [0.4, 0.5) is 0 Å². The molecule has 8 heteroatoms. The smallest absolute Gasteiger partial charge is 0.164 e. The number of nitrogens with zero attached hydrogens (tertiary/aromatic N) is 8. The summed E-state index contributed by atoms with van der Waals surface area (Å²) in [6, 6.07) is 97.2. The lowest BCUT2D eigenvalue weighted by atomic mass is 9.79. The minimum absolute atomic E-state index is 0.0969. The molecule has 4 heterocycles. The lowest BCUT2D eigenvalue weighted by Gasteiger charge is -2.26. The Morgan fingerprint density at radius 2 is 0.418 bits per heavy atom. The quantitative estimate of drug-likeness (QED) is 0.0396. The monoisotopic (exact) mass is 1930 g/mol. The average molecular weight is 1930 g/mol. The summed E-state index contributed by atoms with van der Waals surface area (Å²) in [7, 11) is 0. The summed E-state index contributed by atoms with van der Waals surface area (Å²) in [5.41, 5.74) is 45.6. The second-order valence-corrected chi connectivity index (χ2v) is 45.4. The van der Waals surface area contributed by atoms with Gasteiger partial charge in [0.25, 0.3) is 0 Å². The van der Waals surface area contributed by atoms with Gasteiger partial charge in [-0.25, -0.2) is 34.9 Å². The molecule has 12 aromatic carbocycles. The molecule has 8 nitrogen and oxygen atoms in total. The molecule has 0 N–H and O–H groups in total. The third kappa shape index (κ3) is 30.1. The van der Waals surface area contributed by atoms with Crippen molar-refractivity contribution in [3.63, 3.8) is 0 Å². The van der Waals surface area contributed by atoms with E-state index in [-0.39, 0.29) is 21.7 Å². The highest BCUT2D eigenvalue weighted by atomic mass is 15.0. The Morgan fingerprint density at radius 1 is 0.178 bits per heavy atom. The largest absolute Gasteiger partial charge is 0.256 e. The molecule has 16 rings (SSSR count). The van der Waals surface area contributed by atoms with Crippen LogP contribution in [0.5, 0.6) is 0 Å². The van der Waals surface area contributed by atoms with Crippen molar-refractivity contribution in [3.05, 3.63) is 379 Å². The standard InChI is InChI=1S/C52H61N3.C32H37N3.C28H35N.C26H31N/c1-6-8-10-12-14-16-18-41-20-24-43(25-21-41)45-28-32-47(33-29-45)50-53-51(55-52(54-50)49-36-38(3)40(5)39(4)37-49)48-34-30-46(31-35-48)44-26-22-42(23-27-44)19-17-15-13-11-9-7-2;1-20-18-25(19-21(2)22(20)3)30-34-28(23-10-14-26(15-11-23)31(4,5)6)33-29(35-30)24-12-16-27(17-13-24)32(7,8)9;1-18-12-23(13-19(2)20(18)3)26-16-21(10-11-29-26)22-14-24(27(4,5)6)17-25(15-22)28(7,8)9;1-5-6-7-8-10-22-13-15-23(16-14-22)25-11-9-12-26(27-25)24-17-19(2)21(4)20(3)18-24/h20-37H,6-19H2,1-5H3;10-19H,1-9H3;10-17H,1-9H3;9,11-18H,5-8,10H2,1-4H3. The molecule has 146 heavy (non-hydrogen) atoms. The third-order valence-electron chi connectivity index (χ3n) is 29.7. The van der Waals surface area contributed by atoms with E-state index < -0.39 is 0 Å². The maximum atomic E-state index is 5.07. The summed E-state index contributed by atoms with van der Waals surface area (Å²) < 4.78 is 0. The van der Waals surface area contributed by atoms with E-state index in [1.807, 2.05) is 6.20 Å². The van der Waals surface area contributed by atoms with Crippen molar-refractivity contribution in [2.24, 2.45) is 0 Å². The average Bonchev–Trinajstić information content (AvgIpc) is 0.788. The number of hydrogen-bond acceptors (Lipinski definition) is 8. The van der Waals surface area contributed by atoms with Gasteiger partial charge in [0, 0.05) is 56.3 Å². The molecule has 4 aromatic heterocycles. The Hall–Kier alpha value is -13.0. The van der Waals surface area contributed by atoms with Gasteiger partial charge in [0.15, 0.2) is 34.9 Å². The molecule has 16 aromatic rings. The first-order valence-electron chi connectivity index (χ1n) is 54.3. The molecule has 0 radical (unpaired) electrons. The van der Waals surface area contributed by atoms with Crippen LogP contribution in [0, 0.1) is 83.1 Å². The van der Waals surface area contributed by atoms with Gasteiger partial charge >= 0.3 is 0 Å². The minimum Gasteiger partial charge on any atom is -0.256 e. The Labute approximate surface area is 878 Å². The van der Waals surface area contributed by atoms with Crippen LogP contribution >= 0.6 is 0 Å². The first-order chi connectivity index (χ1) is 69.7. The molecule has 0 aliphatic carbocycles. The van der Waals surface area contributed by atoms with E-state index in [4.69, 9.17) is 34.9 Å². The van der Waals surface area contributed by atoms with Gasteiger partial charge in [0.1, 0.15) is 0 Å². The van der Waals surface area contributed by atoms with Gasteiger partial charge in [-0.3, -0.25) is 4.98 Å². The van der Waals surface area contributed by atoms with E-state index >= 15 is 0 Å². The molecule has 0 unspecified atom stereocenters. The molecule has 0 bridgehead atoms. The molecule has 0 saturated carbocycles. The fourth-order valence-corrected chi connectivity index (χ4v) is 18.8. The van der Waals surface area contributed by atoms with Gasteiger partial charge in [-0.2, -0.15) is 0 Å². The SMILES string of the molecule is CCCCCCCCc1ccc(-c2ccc(-c3nc(-c4ccc(-c5ccc(CCCCCCCC)cc5)cc4)nc(-c4cc(C)c(C)c(C)c4)n3)cc2)cc1.CCCCCCc1ccc(-c2cccc(-c3cc(C)c(C)c(C)c3)n2)cc1.Cc1cc(-c2cc(-c3cc(C(C)(C)C)cc(C(C)(C)C)c3)ccn2)cc(C)c1C.Cc1cc(-c2nc(-c3ccc(C(C)(C)C)cc3)nc(-c3ccc(C(C)(C)C)cc3)n2)cc(C)c1C. The van der Waals surface area contributed by atoms with Crippen molar-refractivity contribution in [1.82, 2.24) is 39.9 Å².